The third kappa shape index (κ3) is 5.37. The molecule has 0 bridgehead atoms. The minimum Gasteiger partial charge on any atom is -0.380 e. The number of aromatic nitrogens is 1. The fourth-order valence-corrected chi connectivity index (χ4v) is 3.79. The molecule has 3 N–H and O–H groups in total. The van der Waals surface area contributed by atoms with Crippen LogP contribution < -0.4 is 16.0 Å². The molecule has 2 aromatic rings. The second-order valence-corrected chi connectivity index (χ2v) is 7.63. The number of hydrogen-bond donors (Lipinski definition) is 3. The van der Waals surface area contributed by atoms with E-state index in [0.717, 1.165) is 25.7 Å². The smallest absolute Gasteiger partial charge is 0.319 e. The van der Waals surface area contributed by atoms with Gasteiger partial charge in [-0.15, -0.1) is 0 Å². The van der Waals surface area contributed by atoms with Gasteiger partial charge in [0.15, 0.2) is 0 Å². The Hall–Kier alpha value is -1.76. The standard InChI is InChI=1S/C18H18Cl3FN4O/c19-13-7-12(4-5-16(13)22)26-18(27)25-11-3-1-2-10(6-11)24-17-14(20)8-23-9-15(17)21/h4-5,7-11H,1-3,6H2,(H,23,24)(H2,25,26,27)/t10-,11-/m1/s1. The van der Waals surface area contributed by atoms with Crippen molar-refractivity contribution in [3.8, 4) is 0 Å². The van der Waals surface area contributed by atoms with Crippen LogP contribution in [0.4, 0.5) is 20.6 Å². The predicted octanol–water partition coefficient (Wildman–Crippen LogP) is 5.73. The van der Waals surface area contributed by atoms with Crippen LogP contribution in [0.15, 0.2) is 30.6 Å². The van der Waals surface area contributed by atoms with Crippen molar-refractivity contribution in [3.63, 3.8) is 0 Å². The van der Waals surface area contributed by atoms with Crippen molar-refractivity contribution < 1.29 is 9.18 Å². The first-order chi connectivity index (χ1) is 12.9. The second-order valence-electron chi connectivity index (χ2n) is 6.41. The normalized spacial score (nSPS) is 19.4. The summed E-state index contributed by atoms with van der Waals surface area (Å²) in [6, 6.07) is 3.80. The summed E-state index contributed by atoms with van der Waals surface area (Å²) in [7, 11) is 0. The largest absolute Gasteiger partial charge is 0.380 e. The number of carbonyl (C=O) groups excluding carboxylic acids is 1. The zero-order valence-electron chi connectivity index (χ0n) is 14.2. The molecule has 27 heavy (non-hydrogen) atoms. The van der Waals surface area contributed by atoms with Gasteiger partial charge in [0, 0.05) is 30.2 Å². The van der Waals surface area contributed by atoms with Crippen molar-refractivity contribution in [3.05, 3.63) is 51.5 Å². The van der Waals surface area contributed by atoms with Gasteiger partial charge in [-0.25, -0.2) is 9.18 Å². The van der Waals surface area contributed by atoms with E-state index in [0.29, 0.717) is 21.4 Å². The van der Waals surface area contributed by atoms with Crippen molar-refractivity contribution >= 4 is 52.2 Å². The number of amides is 2. The highest BCUT2D eigenvalue weighted by molar-refractivity contribution is 6.38. The number of nitrogens with one attached hydrogen (secondary N) is 3. The summed E-state index contributed by atoms with van der Waals surface area (Å²) in [5.41, 5.74) is 1.09. The van der Waals surface area contributed by atoms with Crippen LogP contribution in [0.5, 0.6) is 0 Å². The second kappa shape index (κ2) is 8.95. The Morgan fingerprint density at radius 2 is 1.78 bits per heavy atom. The maximum atomic E-state index is 13.2. The SMILES string of the molecule is O=C(Nc1ccc(F)c(Cl)c1)N[C@@H]1CCC[C@@H](Nc2c(Cl)cncc2Cl)C1. The maximum absolute atomic E-state index is 13.2. The summed E-state index contributed by atoms with van der Waals surface area (Å²) >= 11 is 18.0. The van der Waals surface area contributed by atoms with Gasteiger partial charge in [0.2, 0.25) is 0 Å². The van der Waals surface area contributed by atoms with Gasteiger partial charge >= 0.3 is 6.03 Å². The van der Waals surface area contributed by atoms with E-state index < -0.39 is 5.82 Å². The van der Waals surface area contributed by atoms with Crippen molar-refractivity contribution in [2.75, 3.05) is 10.6 Å². The first kappa shape index (κ1) is 20.0. The van der Waals surface area contributed by atoms with Gasteiger partial charge < -0.3 is 16.0 Å². The average Bonchev–Trinajstić information content (AvgIpc) is 2.62. The van der Waals surface area contributed by atoms with Gasteiger partial charge in [-0.2, -0.15) is 0 Å². The summed E-state index contributed by atoms with van der Waals surface area (Å²) < 4.78 is 13.2. The van der Waals surface area contributed by atoms with Gasteiger partial charge in [-0.05, 0) is 43.9 Å². The first-order valence-corrected chi connectivity index (χ1v) is 9.64. The van der Waals surface area contributed by atoms with Crippen molar-refractivity contribution in [2.45, 2.75) is 37.8 Å². The number of urea groups is 1. The van der Waals surface area contributed by atoms with Crippen LogP contribution in [-0.4, -0.2) is 23.1 Å². The molecule has 1 saturated carbocycles. The number of hydrogen-bond acceptors (Lipinski definition) is 3. The van der Waals surface area contributed by atoms with E-state index in [-0.39, 0.29) is 23.1 Å². The van der Waals surface area contributed by atoms with Crippen molar-refractivity contribution in [2.24, 2.45) is 0 Å². The lowest BCUT2D eigenvalue weighted by atomic mass is 9.91. The minimum atomic E-state index is -0.530. The topological polar surface area (TPSA) is 66.1 Å². The molecule has 0 radical (unpaired) electrons. The van der Waals surface area contributed by atoms with E-state index >= 15 is 0 Å². The Morgan fingerprint density at radius 3 is 2.48 bits per heavy atom. The number of benzene rings is 1. The molecular weight excluding hydrogens is 414 g/mol. The third-order valence-electron chi connectivity index (χ3n) is 4.39. The van der Waals surface area contributed by atoms with Crippen LogP contribution in [0.2, 0.25) is 15.1 Å². The fraction of sp³-hybridized carbons (Fsp3) is 0.333. The molecule has 1 heterocycles. The molecule has 1 aromatic heterocycles. The Labute approximate surface area is 171 Å². The molecule has 1 aromatic carbocycles. The highest BCUT2D eigenvalue weighted by Crippen LogP contribution is 2.32. The molecule has 1 fully saturated rings. The zero-order chi connectivity index (χ0) is 19.4. The molecule has 0 spiro atoms. The molecule has 0 unspecified atom stereocenters. The number of nitrogens with zero attached hydrogens (tertiary/aromatic N) is 1. The molecule has 2 amide bonds. The summed E-state index contributed by atoms with van der Waals surface area (Å²) in [5.74, 6) is -0.530. The summed E-state index contributed by atoms with van der Waals surface area (Å²) in [6.07, 6.45) is 6.57. The highest BCUT2D eigenvalue weighted by atomic mass is 35.5. The average molecular weight is 432 g/mol. The first-order valence-electron chi connectivity index (χ1n) is 8.50. The van der Waals surface area contributed by atoms with E-state index in [1.165, 1.54) is 30.6 Å². The Bertz CT molecular complexity index is 816. The van der Waals surface area contributed by atoms with E-state index in [1.54, 1.807) is 0 Å². The van der Waals surface area contributed by atoms with E-state index in [1.807, 2.05) is 0 Å². The van der Waals surface area contributed by atoms with Crippen LogP contribution >= 0.6 is 34.8 Å². The third-order valence-corrected chi connectivity index (χ3v) is 5.25. The maximum Gasteiger partial charge on any atom is 0.319 e. The summed E-state index contributed by atoms with van der Waals surface area (Å²) in [4.78, 5) is 16.2. The van der Waals surface area contributed by atoms with Crippen LogP contribution in [-0.2, 0) is 0 Å². The molecular formula is C18H18Cl3FN4O. The lowest BCUT2D eigenvalue weighted by molar-refractivity contribution is 0.243. The van der Waals surface area contributed by atoms with Crippen molar-refractivity contribution in [1.82, 2.24) is 10.3 Å². The molecule has 1 aliphatic carbocycles. The molecule has 9 heteroatoms. The van der Waals surface area contributed by atoms with Crippen LogP contribution in [0.3, 0.4) is 0 Å². The van der Waals surface area contributed by atoms with Gasteiger partial charge in [0.05, 0.1) is 20.8 Å². The van der Waals surface area contributed by atoms with Crippen LogP contribution in [0.1, 0.15) is 25.7 Å². The van der Waals surface area contributed by atoms with E-state index in [2.05, 4.69) is 20.9 Å². The lowest BCUT2D eigenvalue weighted by Crippen LogP contribution is -2.43. The lowest BCUT2D eigenvalue weighted by Gasteiger charge is -2.31. The monoisotopic (exact) mass is 430 g/mol. The summed E-state index contributed by atoms with van der Waals surface area (Å²) in [5, 5.41) is 9.84. The van der Waals surface area contributed by atoms with E-state index in [9.17, 15) is 9.18 Å². The van der Waals surface area contributed by atoms with E-state index in [4.69, 9.17) is 34.8 Å². The minimum absolute atomic E-state index is 0.00782. The van der Waals surface area contributed by atoms with Gasteiger partial charge in [-0.3, -0.25) is 4.98 Å². The van der Waals surface area contributed by atoms with Gasteiger partial charge in [0.25, 0.3) is 0 Å². The molecule has 3 rings (SSSR count). The predicted molar refractivity (Wildman–Crippen MR) is 107 cm³/mol. The number of pyridine rings is 1. The molecule has 0 saturated heterocycles. The molecule has 2 atom stereocenters. The van der Waals surface area contributed by atoms with Gasteiger partial charge in [0.1, 0.15) is 5.82 Å². The Balaban J connectivity index is 1.56. The highest BCUT2D eigenvalue weighted by Gasteiger charge is 2.24. The fourth-order valence-electron chi connectivity index (χ4n) is 3.13. The Morgan fingerprint density at radius 1 is 1.07 bits per heavy atom. The quantitative estimate of drug-likeness (QED) is 0.579. The van der Waals surface area contributed by atoms with Gasteiger partial charge in [-0.1, -0.05) is 34.8 Å². The Kier molecular flexibility index (Phi) is 6.63. The number of anilines is 2. The molecule has 0 aliphatic heterocycles. The summed E-state index contributed by atoms with van der Waals surface area (Å²) in [6.45, 7) is 0. The molecule has 144 valence electrons. The van der Waals surface area contributed by atoms with Crippen LogP contribution in [0, 0.1) is 5.82 Å². The zero-order valence-corrected chi connectivity index (χ0v) is 16.5. The number of halogens is 4. The number of carbonyl (C=O) groups is 1. The molecule has 5 nitrogen and oxygen atoms in total. The van der Waals surface area contributed by atoms with Crippen LogP contribution in [0.25, 0.3) is 0 Å². The molecule has 1 aliphatic rings. The van der Waals surface area contributed by atoms with Crippen molar-refractivity contribution in [1.29, 1.82) is 0 Å². The number of rotatable bonds is 4.